The van der Waals surface area contributed by atoms with E-state index in [0.29, 0.717) is 17.4 Å². The summed E-state index contributed by atoms with van der Waals surface area (Å²) in [6, 6.07) is 2.27. The molecule has 1 aliphatic heterocycles. The molecular weight excluding hydrogens is 250 g/mol. The summed E-state index contributed by atoms with van der Waals surface area (Å²) < 4.78 is 2.74. The molecule has 110 valence electrons. The highest BCUT2D eigenvalue weighted by atomic mass is 28.3. The predicted octanol–water partition coefficient (Wildman–Crippen LogP) is 3.51. The minimum absolute atomic E-state index is 0.408. The van der Waals surface area contributed by atoms with Gasteiger partial charge in [0.15, 0.2) is 0 Å². The summed E-state index contributed by atoms with van der Waals surface area (Å²) in [5.74, 6) is 0.712. The van der Waals surface area contributed by atoms with Gasteiger partial charge in [-0.3, -0.25) is 4.90 Å². The van der Waals surface area contributed by atoms with E-state index in [-0.39, 0.29) is 0 Å². The first-order valence-corrected chi connectivity index (χ1v) is 10.5. The van der Waals surface area contributed by atoms with Gasteiger partial charge < -0.3 is 4.57 Å². The van der Waals surface area contributed by atoms with Crippen molar-refractivity contribution in [3.63, 3.8) is 0 Å². The Hall–Kier alpha value is -0.373. The topological polar surface area (TPSA) is 30.3 Å². The minimum atomic E-state index is -1.47. The molecule has 0 saturated carbocycles. The SMILES string of the molecule is CC(C)C(C)(C)[Si](C)(C)N1CCCN(CCC#N)C1. The molecule has 0 aromatic heterocycles. The maximum absolute atomic E-state index is 8.74. The molecule has 3 nitrogen and oxygen atoms in total. The lowest BCUT2D eigenvalue weighted by atomic mass is 9.99. The van der Waals surface area contributed by atoms with Crippen LogP contribution in [0.25, 0.3) is 0 Å². The van der Waals surface area contributed by atoms with Gasteiger partial charge in [-0.25, -0.2) is 0 Å². The fourth-order valence-electron chi connectivity index (χ4n) is 2.83. The number of nitriles is 1. The molecule has 0 spiro atoms. The van der Waals surface area contributed by atoms with Crippen LogP contribution >= 0.6 is 0 Å². The van der Waals surface area contributed by atoms with Gasteiger partial charge in [0.2, 0.25) is 0 Å². The van der Waals surface area contributed by atoms with Crippen LogP contribution in [0.1, 0.15) is 40.5 Å². The second kappa shape index (κ2) is 6.38. The van der Waals surface area contributed by atoms with Crippen LogP contribution in [0.2, 0.25) is 18.1 Å². The second-order valence-electron chi connectivity index (χ2n) is 7.22. The average molecular weight is 282 g/mol. The summed E-state index contributed by atoms with van der Waals surface area (Å²) in [5, 5.41) is 9.15. The minimum Gasteiger partial charge on any atom is -0.311 e. The fraction of sp³-hybridized carbons (Fsp3) is 0.933. The fourth-order valence-corrected chi connectivity index (χ4v) is 6.33. The third-order valence-corrected chi connectivity index (χ3v) is 11.3. The maximum atomic E-state index is 8.74. The highest BCUT2D eigenvalue weighted by Crippen LogP contribution is 2.46. The standard InChI is InChI=1S/C15H31N3Si/c1-14(2)15(3,4)19(5,6)18-12-8-11-17(13-18)10-7-9-16/h14H,7-8,10-13H2,1-6H3. The van der Waals surface area contributed by atoms with E-state index in [1.165, 1.54) is 13.0 Å². The molecule has 0 N–H and O–H groups in total. The highest BCUT2D eigenvalue weighted by Gasteiger charge is 2.46. The van der Waals surface area contributed by atoms with E-state index in [4.69, 9.17) is 5.26 Å². The molecule has 0 aromatic rings. The molecule has 0 bridgehead atoms. The molecule has 0 aromatic carbocycles. The first kappa shape index (κ1) is 16.7. The van der Waals surface area contributed by atoms with Gasteiger partial charge in [-0.15, -0.1) is 0 Å². The van der Waals surface area contributed by atoms with Gasteiger partial charge in [0.05, 0.1) is 6.07 Å². The highest BCUT2D eigenvalue weighted by molar-refractivity contribution is 6.77. The van der Waals surface area contributed by atoms with Gasteiger partial charge >= 0.3 is 0 Å². The molecule has 4 heteroatoms. The van der Waals surface area contributed by atoms with E-state index < -0.39 is 8.24 Å². The van der Waals surface area contributed by atoms with Crippen molar-refractivity contribution < 1.29 is 0 Å². The molecule has 0 aliphatic carbocycles. The van der Waals surface area contributed by atoms with Crippen LogP contribution < -0.4 is 0 Å². The molecular formula is C15H31N3Si. The van der Waals surface area contributed by atoms with Crippen molar-refractivity contribution >= 4 is 8.24 Å². The number of hydrogen-bond donors (Lipinski definition) is 0. The van der Waals surface area contributed by atoms with Crippen molar-refractivity contribution in [1.82, 2.24) is 9.47 Å². The molecule has 0 radical (unpaired) electrons. The van der Waals surface area contributed by atoms with Crippen LogP contribution in [0, 0.1) is 17.2 Å². The lowest BCUT2D eigenvalue weighted by molar-refractivity contribution is 0.137. The van der Waals surface area contributed by atoms with Gasteiger partial charge in [-0.1, -0.05) is 40.8 Å². The normalized spacial score (nSPS) is 19.7. The van der Waals surface area contributed by atoms with Crippen molar-refractivity contribution in [2.75, 3.05) is 26.3 Å². The Morgan fingerprint density at radius 3 is 2.42 bits per heavy atom. The van der Waals surface area contributed by atoms with Crippen LogP contribution in [-0.4, -0.2) is 44.0 Å². The van der Waals surface area contributed by atoms with Crippen LogP contribution in [0.4, 0.5) is 0 Å². The third-order valence-electron chi connectivity index (χ3n) is 5.62. The Bertz CT molecular complexity index is 331. The molecule has 19 heavy (non-hydrogen) atoms. The molecule has 1 rings (SSSR count). The molecule has 1 aliphatic rings. The van der Waals surface area contributed by atoms with Gasteiger partial charge in [-0.2, -0.15) is 5.26 Å². The predicted molar refractivity (Wildman–Crippen MR) is 84.4 cm³/mol. The van der Waals surface area contributed by atoms with E-state index in [2.05, 4.69) is 56.3 Å². The van der Waals surface area contributed by atoms with Crippen molar-refractivity contribution in [3.8, 4) is 6.07 Å². The smallest absolute Gasteiger partial charge is 0.129 e. The molecule has 1 heterocycles. The Labute approximate surface area is 120 Å². The summed E-state index contributed by atoms with van der Waals surface area (Å²) >= 11 is 0. The third kappa shape index (κ3) is 3.59. The number of rotatable bonds is 5. The van der Waals surface area contributed by atoms with Crippen molar-refractivity contribution in [2.24, 2.45) is 5.92 Å². The largest absolute Gasteiger partial charge is 0.311 e. The van der Waals surface area contributed by atoms with Gasteiger partial charge in [0.25, 0.3) is 0 Å². The monoisotopic (exact) mass is 281 g/mol. The zero-order valence-corrected chi connectivity index (χ0v) is 14.7. The summed E-state index contributed by atoms with van der Waals surface area (Å²) in [4.78, 5) is 2.46. The molecule has 0 amide bonds. The van der Waals surface area contributed by atoms with E-state index >= 15 is 0 Å². The first-order chi connectivity index (χ1) is 8.73. The second-order valence-corrected chi connectivity index (χ2v) is 12.3. The Balaban J connectivity index is 2.75. The van der Waals surface area contributed by atoms with Crippen molar-refractivity contribution in [1.29, 1.82) is 5.26 Å². The van der Waals surface area contributed by atoms with Crippen LogP contribution in [0.5, 0.6) is 0 Å². The van der Waals surface area contributed by atoms with Crippen LogP contribution in [-0.2, 0) is 0 Å². The average Bonchev–Trinajstić information content (AvgIpc) is 2.36. The summed E-state index contributed by atoms with van der Waals surface area (Å²) in [5.41, 5.74) is 0. The van der Waals surface area contributed by atoms with Crippen LogP contribution in [0.15, 0.2) is 0 Å². The van der Waals surface area contributed by atoms with Gasteiger partial charge in [-0.05, 0) is 23.9 Å². The quantitative estimate of drug-likeness (QED) is 0.723. The maximum Gasteiger partial charge on any atom is 0.129 e. The van der Waals surface area contributed by atoms with E-state index in [1.807, 2.05) is 0 Å². The van der Waals surface area contributed by atoms with Crippen molar-refractivity contribution in [3.05, 3.63) is 0 Å². The molecule has 0 unspecified atom stereocenters. The Morgan fingerprint density at radius 1 is 1.26 bits per heavy atom. The number of nitrogens with zero attached hydrogens (tertiary/aromatic N) is 3. The first-order valence-electron chi connectivity index (χ1n) is 7.58. The molecule has 1 saturated heterocycles. The van der Waals surface area contributed by atoms with E-state index in [9.17, 15) is 0 Å². The zero-order valence-electron chi connectivity index (χ0n) is 13.7. The van der Waals surface area contributed by atoms with E-state index in [0.717, 1.165) is 19.8 Å². The lowest BCUT2D eigenvalue weighted by Gasteiger charge is -2.53. The Morgan fingerprint density at radius 2 is 1.89 bits per heavy atom. The van der Waals surface area contributed by atoms with Crippen molar-refractivity contribution in [2.45, 2.75) is 58.7 Å². The Kier molecular flexibility index (Phi) is 5.61. The summed E-state index contributed by atoms with van der Waals surface area (Å²) in [6.07, 6.45) is 1.90. The lowest BCUT2D eigenvalue weighted by Crippen LogP contribution is -2.62. The molecule has 0 atom stereocenters. The zero-order chi connectivity index (χ0) is 14.7. The van der Waals surface area contributed by atoms with Gasteiger partial charge in [0, 0.05) is 26.2 Å². The van der Waals surface area contributed by atoms with Crippen LogP contribution in [0.3, 0.4) is 0 Å². The summed E-state index contributed by atoms with van der Waals surface area (Å²) in [6.45, 7) is 19.0. The van der Waals surface area contributed by atoms with Gasteiger partial charge in [0.1, 0.15) is 8.24 Å². The van der Waals surface area contributed by atoms with E-state index in [1.54, 1.807) is 0 Å². The summed E-state index contributed by atoms with van der Waals surface area (Å²) in [7, 11) is -1.47. The number of hydrogen-bond acceptors (Lipinski definition) is 3. The molecule has 1 fully saturated rings.